The summed E-state index contributed by atoms with van der Waals surface area (Å²) in [5.41, 5.74) is 2.74. The van der Waals surface area contributed by atoms with Crippen molar-refractivity contribution in [2.75, 3.05) is 0 Å². The van der Waals surface area contributed by atoms with E-state index in [2.05, 4.69) is 15.0 Å². The minimum absolute atomic E-state index is 0.910. The smallest absolute Gasteiger partial charge is 0.142 e. The van der Waals surface area contributed by atoms with Crippen molar-refractivity contribution in [1.82, 2.24) is 15.0 Å². The Kier molecular flexibility index (Phi) is 2.15. The first-order valence-electron chi connectivity index (χ1n) is 4.97. The van der Waals surface area contributed by atoms with Crippen LogP contribution in [0.4, 0.5) is 0 Å². The molecule has 0 spiro atoms. The summed E-state index contributed by atoms with van der Waals surface area (Å²) in [5.74, 6) is 0. The van der Waals surface area contributed by atoms with E-state index >= 15 is 0 Å². The maximum atomic E-state index is 4.54. The number of aromatic nitrogens is 3. The highest BCUT2D eigenvalue weighted by Gasteiger charge is 2.05. The molecule has 0 unspecified atom stereocenters. The molecule has 0 saturated heterocycles. The number of thiazole rings is 1. The lowest BCUT2D eigenvalue weighted by Crippen LogP contribution is -1.85. The predicted molar refractivity (Wildman–Crippen MR) is 65.4 cm³/mol. The molecule has 0 fully saturated rings. The van der Waals surface area contributed by atoms with Crippen LogP contribution in [0.2, 0.25) is 0 Å². The summed E-state index contributed by atoms with van der Waals surface area (Å²) in [6.45, 7) is 2.05. The Morgan fingerprint density at radius 3 is 2.81 bits per heavy atom. The zero-order valence-corrected chi connectivity index (χ0v) is 9.53. The van der Waals surface area contributed by atoms with Crippen LogP contribution in [-0.4, -0.2) is 15.0 Å². The molecule has 0 aromatic carbocycles. The van der Waals surface area contributed by atoms with Gasteiger partial charge >= 0.3 is 0 Å². The van der Waals surface area contributed by atoms with Crippen LogP contribution in [0.15, 0.2) is 36.7 Å². The molecule has 0 aliphatic rings. The quantitative estimate of drug-likeness (QED) is 0.641. The van der Waals surface area contributed by atoms with Gasteiger partial charge in [0.25, 0.3) is 0 Å². The predicted octanol–water partition coefficient (Wildman–Crippen LogP) is 3.06. The summed E-state index contributed by atoms with van der Waals surface area (Å²) >= 11 is 1.66. The van der Waals surface area contributed by atoms with Gasteiger partial charge in [-0.05, 0) is 31.2 Å². The lowest BCUT2D eigenvalue weighted by Gasteiger charge is -1.98. The van der Waals surface area contributed by atoms with Gasteiger partial charge in [-0.2, -0.15) is 0 Å². The van der Waals surface area contributed by atoms with Gasteiger partial charge in [-0.25, -0.2) is 9.97 Å². The molecule has 0 amide bonds. The lowest BCUT2D eigenvalue weighted by molar-refractivity contribution is 1.30. The van der Waals surface area contributed by atoms with E-state index in [0.29, 0.717) is 0 Å². The summed E-state index contributed by atoms with van der Waals surface area (Å²) in [6.07, 6.45) is 3.65. The molecule has 0 bridgehead atoms. The molecule has 4 heteroatoms. The molecule has 3 rings (SSSR count). The van der Waals surface area contributed by atoms with E-state index in [1.165, 1.54) is 4.88 Å². The van der Waals surface area contributed by atoms with Crippen molar-refractivity contribution >= 4 is 22.4 Å². The molecule has 16 heavy (non-hydrogen) atoms. The number of rotatable bonds is 1. The number of fused-ring (bicyclic) bond motifs is 1. The van der Waals surface area contributed by atoms with Crippen molar-refractivity contribution in [3.8, 4) is 10.7 Å². The van der Waals surface area contributed by atoms with E-state index < -0.39 is 0 Å². The Morgan fingerprint density at radius 1 is 1.06 bits per heavy atom. The van der Waals surface area contributed by atoms with Crippen LogP contribution in [0.3, 0.4) is 0 Å². The number of hydrogen-bond donors (Lipinski definition) is 0. The van der Waals surface area contributed by atoms with Gasteiger partial charge in [-0.3, -0.25) is 4.98 Å². The second-order valence-electron chi connectivity index (χ2n) is 3.51. The molecule has 0 saturated carbocycles. The number of aryl methyl sites for hydroxylation is 1. The van der Waals surface area contributed by atoms with Gasteiger partial charge in [0.15, 0.2) is 0 Å². The van der Waals surface area contributed by atoms with E-state index in [9.17, 15) is 0 Å². The summed E-state index contributed by atoms with van der Waals surface area (Å²) in [6, 6.07) is 7.81. The summed E-state index contributed by atoms with van der Waals surface area (Å²) in [5, 5.41) is 0.961. The Hall–Kier alpha value is -1.81. The fraction of sp³-hybridized carbons (Fsp3) is 0.0833. The molecule has 78 valence electrons. The average molecular weight is 227 g/mol. The Balaban J connectivity index is 2.18. The number of nitrogens with zero attached hydrogens (tertiary/aromatic N) is 3. The first kappa shape index (κ1) is 9.42. The van der Waals surface area contributed by atoms with Crippen molar-refractivity contribution < 1.29 is 0 Å². The van der Waals surface area contributed by atoms with Crippen molar-refractivity contribution in [3.63, 3.8) is 0 Å². The highest BCUT2D eigenvalue weighted by Crippen LogP contribution is 2.24. The molecule has 0 atom stereocenters. The van der Waals surface area contributed by atoms with E-state index in [1.54, 1.807) is 17.5 Å². The third-order valence-corrected chi connectivity index (χ3v) is 3.23. The van der Waals surface area contributed by atoms with E-state index in [4.69, 9.17) is 0 Å². The van der Waals surface area contributed by atoms with Crippen LogP contribution in [0, 0.1) is 6.92 Å². The second-order valence-corrected chi connectivity index (χ2v) is 4.75. The van der Waals surface area contributed by atoms with Crippen molar-refractivity contribution in [2.45, 2.75) is 6.92 Å². The molecule has 3 aromatic heterocycles. The highest BCUT2D eigenvalue weighted by molar-refractivity contribution is 7.14. The van der Waals surface area contributed by atoms with E-state index in [-0.39, 0.29) is 0 Å². The van der Waals surface area contributed by atoms with Crippen LogP contribution in [0.5, 0.6) is 0 Å². The minimum atomic E-state index is 0.910. The van der Waals surface area contributed by atoms with E-state index in [1.807, 2.05) is 37.4 Å². The monoisotopic (exact) mass is 227 g/mol. The third kappa shape index (κ3) is 1.57. The molecule has 0 aliphatic carbocycles. The van der Waals surface area contributed by atoms with Crippen LogP contribution in [0.25, 0.3) is 21.7 Å². The summed E-state index contributed by atoms with van der Waals surface area (Å²) in [7, 11) is 0. The zero-order chi connectivity index (χ0) is 11.0. The van der Waals surface area contributed by atoms with Gasteiger partial charge in [0.05, 0.1) is 16.7 Å². The largest absolute Gasteiger partial charge is 0.255 e. The van der Waals surface area contributed by atoms with Crippen molar-refractivity contribution in [3.05, 3.63) is 41.5 Å². The number of pyridine rings is 2. The molecule has 3 heterocycles. The normalized spacial score (nSPS) is 10.8. The minimum Gasteiger partial charge on any atom is -0.255 e. The van der Waals surface area contributed by atoms with Gasteiger partial charge in [-0.1, -0.05) is 0 Å². The van der Waals surface area contributed by atoms with Crippen LogP contribution in [-0.2, 0) is 0 Å². The van der Waals surface area contributed by atoms with Crippen LogP contribution >= 0.6 is 11.3 Å². The molecule has 3 aromatic rings. The van der Waals surface area contributed by atoms with Gasteiger partial charge in [0.2, 0.25) is 0 Å². The molecule has 0 N–H and O–H groups in total. The first-order chi connectivity index (χ1) is 7.83. The summed E-state index contributed by atoms with van der Waals surface area (Å²) < 4.78 is 0. The maximum Gasteiger partial charge on any atom is 0.142 e. The van der Waals surface area contributed by atoms with Crippen LogP contribution in [0.1, 0.15) is 4.88 Å². The van der Waals surface area contributed by atoms with Crippen molar-refractivity contribution in [1.29, 1.82) is 0 Å². The van der Waals surface area contributed by atoms with E-state index in [0.717, 1.165) is 21.7 Å². The highest BCUT2D eigenvalue weighted by atomic mass is 32.1. The average Bonchev–Trinajstić information content (AvgIpc) is 2.75. The Bertz CT molecular complexity index is 645. The fourth-order valence-electron chi connectivity index (χ4n) is 1.55. The number of hydrogen-bond acceptors (Lipinski definition) is 4. The van der Waals surface area contributed by atoms with Crippen LogP contribution < -0.4 is 0 Å². The lowest BCUT2D eigenvalue weighted by atomic mass is 10.3. The standard InChI is InChI=1S/C12H9N3S/c1-8-7-14-12(16-8)11-5-4-9-10(15-11)3-2-6-13-9/h2-7H,1H3. The summed E-state index contributed by atoms with van der Waals surface area (Å²) in [4.78, 5) is 14.3. The topological polar surface area (TPSA) is 38.7 Å². The Morgan fingerprint density at radius 2 is 2.00 bits per heavy atom. The zero-order valence-electron chi connectivity index (χ0n) is 8.71. The van der Waals surface area contributed by atoms with Gasteiger partial charge < -0.3 is 0 Å². The fourth-order valence-corrected chi connectivity index (χ4v) is 2.28. The molecule has 3 nitrogen and oxygen atoms in total. The van der Waals surface area contributed by atoms with Gasteiger partial charge in [0, 0.05) is 17.3 Å². The molecular weight excluding hydrogens is 218 g/mol. The van der Waals surface area contributed by atoms with Gasteiger partial charge in [-0.15, -0.1) is 11.3 Å². The third-order valence-electron chi connectivity index (χ3n) is 2.30. The molecule has 0 aliphatic heterocycles. The van der Waals surface area contributed by atoms with Gasteiger partial charge in [0.1, 0.15) is 5.01 Å². The SMILES string of the molecule is Cc1cnc(-c2ccc3ncccc3n2)s1. The molecule has 0 radical (unpaired) electrons. The Labute approximate surface area is 96.8 Å². The van der Waals surface area contributed by atoms with Crippen molar-refractivity contribution in [2.24, 2.45) is 0 Å². The second kappa shape index (κ2) is 3.64. The maximum absolute atomic E-state index is 4.54. The molecular formula is C12H9N3S. The first-order valence-corrected chi connectivity index (χ1v) is 5.79.